The van der Waals surface area contributed by atoms with E-state index >= 15 is 0 Å². The van der Waals surface area contributed by atoms with E-state index in [9.17, 15) is 10.1 Å². The first kappa shape index (κ1) is 17.8. The van der Waals surface area contributed by atoms with Crippen molar-refractivity contribution in [3.63, 3.8) is 0 Å². The smallest absolute Gasteiger partial charge is 0.354 e. The van der Waals surface area contributed by atoms with E-state index in [1.165, 1.54) is 6.08 Å². The van der Waals surface area contributed by atoms with Gasteiger partial charge in [-0.2, -0.15) is 5.26 Å². The van der Waals surface area contributed by atoms with E-state index in [4.69, 9.17) is 9.47 Å². The minimum atomic E-state index is -0.689. The van der Waals surface area contributed by atoms with Crippen molar-refractivity contribution >= 4 is 28.0 Å². The molecule has 0 aliphatic rings. The maximum Gasteiger partial charge on any atom is 0.354 e. The Morgan fingerprint density at radius 3 is 2.33 bits per heavy atom. The number of nitriles is 1. The average molecular weight is 386 g/mol. The zero-order valence-corrected chi connectivity index (χ0v) is 14.7. The minimum absolute atomic E-state index is 0.0693. The maximum absolute atomic E-state index is 12.1. The molecule has 0 bridgehead atoms. The zero-order valence-electron chi connectivity index (χ0n) is 13.2. The normalized spacial score (nSPS) is 10.8. The topological polar surface area (TPSA) is 59.3 Å². The summed E-state index contributed by atoms with van der Waals surface area (Å²) in [5, 5.41) is 9.20. The Morgan fingerprint density at radius 2 is 1.75 bits per heavy atom. The van der Waals surface area contributed by atoms with Gasteiger partial charge in [0, 0.05) is 4.47 Å². The van der Waals surface area contributed by atoms with Gasteiger partial charge in [-0.3, -0.25) is 0 Å². The number of halogens is 1. The van der Waals surface area contributed by atoms with Crippen LogP contribution >= 0.6 is 15.9 Å². The monoisotopic (exact) mass is 385 g/mol. The van der Waals surface area contributed by atoms with Gasteiger partial charge in [-0.05, 0) is 54.5 Å². The van der Waals surface area contributed by atoms with Crippen LogP contribution in [0.1, 0.15) is 18.9 Å². The maximum atomic E-state index is 12.1. The molecule has 0 saturated carbocycles. The number of hydrogen-bond donors (Lipinski definition) is 0. The van der Waals surface area contributed by atoms with Gasteiger partial charge in [-0.15, -0.1) is 0 Å². The van der Waals surface area contributed by atoms with Crippen LogP contribution in [0.2, 0.25) is 0 Å². The third-order valence-corrected chi connectivity index (χ3v) is 3.56. The molecule has 24 heavy (non-hydrogen) atoms. The lowest BCUT2D eigenvalue weighted by atomic mass is 10.1. The number of rotatable bonds is 6. The second-order valence-corrected chi connectivity index (χ2v) is 5.85. The number of benzene rings is 2. The number of nitrogens with zero attached hydrogens (tertiary/aromatic N) is 1. The van der Waals surface area contributed by atoms with Crippen LogP contribution in [0.25, 0.3) is 6.08 Å². The van der Waals surface area contributed by atoms with E-state index in [1.54, 1.807) is 48.5 Å². The van der Waals surface area contributed by atoms with E-state index < -0.39 is 5.97 Å². The molecular weight excluding hydrogens is 370 g/mol. The van der Waals surface area contributed by atoms with Crippen molar-refractivity contribution in [2.75, 3.05) is 6.61 Å². The highest BCUT2D eigenvalue weighted by Gasteiger charge is 2.12. The summed E-state index contributed by atoms with van der Waals surface area (Å²) in [6, 6.07) is 15.9. The first-order valence-corrected chi connectivity index (χ1v) is 8.24. The minimum Gasteiger partial charge on any atom is -0.494 e. The molecule has 122 valence electrons. The van der Waals surface area contributed by atoms with Crippen LogP contribution in [0.3, 0.4) is 0 Å². The van der Waals surface area contributed by atoms with Crippen molar-refractivity contribution in [2.45, 2.75) is 13.3 Å². The second-order valence-electron chi connectivity index (χ2n) is 4.93. The summed E-state index contributed by atoms with van der Waals surface area (Å²) in [4.78, 5) is 12.1. The molecule has 0 aliphatic heterocycles. The number of carbonyl (C=O) groups excluding carboxylic acids is 1. The molecule has 0 aliphatic carbocycles. The summed E-state index contributed by atoms with van der Waals surface area (Å²) in [6.45, 7) is 2.69. The average Bonchev–Trinajstić information content (AvgIpc) is 2.60. The highest BCUT2D eigenvalue weighted by Crippen LogP contribution is 2.19. The molecule has 0 radical (unpaired) electrons. The van der Waals surface area contributed by atoms with Crippen LogP contribution in [-0.4, -0.2) is 12.6 Å². The van der Waals surface area contributed by atoms with E-state index in [-0.39, 0.29) is 5.57 Å². The number of ether oxygens (including phenoxy) is 2. The van der Waals surface area contributed by atoms with Gasteiger partial charge in [0.2, 0.25) is 0 Å². The van der Waals surface area contributed by atoms with Crippen LogP contribution in [0.4, 0.5) is 0 Å². The second kappa shape index (κ2) is 8.90. The summed E-state index contributed by atoms with van der Waals surface area (Å²) in [5.74, 6) is 0.448. The molecule has 0 atom stereocenters. The molecule has 0 saturated heterocycles. The fourth-order valence-corrected chi connectivity index (χ4v) is 2.11. The molecule has 0 fully saturated rings. The molecule has 0 unspecified atom stereocenters. The SMILES string of the molecule is CCCOc1ccc(/C=C(\C#N)C(=O)Oc2ccc(Br)cc2)cc1. The highest BCUT2D eigenvalue weighted by atomic mass is 79.9. The molecule has 0 aromatic heterocycles. The van der Waals surface area contributed by atoms with Crippen molar-refractivity contribution < 1.29 is 14.3 Å². The molecule has 0 spiro atoms. The zero-order chi connectivity index (χ0) is 17.4. The van der Waals surface area contributed by atoms with Gasteiger partial charge in [0.05, 0.1) is 6.61 Å². The molecule has 2 aromatic rings. The van der Waals surface area contributed by atoms with Gasteiger partial charge in [0.1, 0.15) is 23.1 Å². The van der Waals surface area contributed by atoms with E-state index in [1.807, 2.05) is 13.0 Å². The van der Waals surface area contributed by atoms with Crippen molar-refractivity contribution in [1.82, 2.24) is 0 Å². The lowest BCUT2D eigenvalue weighted by molar-refractivity contribution is -0.129. The summed E-state index contributed by atoms with van der Waals surface area (Å²) in [7, 11) is 0. The Hall–Kier alpha value is -2.58. The first-order valence-electron chi connectivity index (χ1n) is 7.44. The van der Waals surface area contributed by atoms with Gasteiger partial charge in [0.15, 0.2) is 0 Å². The van der Waals surface area contributed by atoms with Crippen molar-refractivity contribution in [1.29, 1.82) is 5.26 Å². The number of esters is 1. The molecule has 0 N–H and O–H groups in total. The molecule has 2 rings (SSSR count). The van der Waals surface area contributed by atoms with E-state index in [2.05, 4.69) is 15.9 Å². The third-order valence-electron chi connectivity index (χ3n) is 3.03. The van der Waals surface area contributed by atoms with Gasteiger partial charge < -0.3 is 9.47 Å². The Kier molecular flexibility index (Phi) is 6.59. The van der Waals surface area contributed by atoms with Gasteiger partial charge in [-0.25, -0.2) is 4.79 Å². The Morgan fingerprint density at radius 1 is 1.12 bits per heavy atom. The summed E-state index contributed by atoms with van der Waals surface area (Å²) in [5.41, 5.74) is 0.656. The molecule has 0 heterocycles. The van der Waals surface area contributed by atoms with Crippen LogP contribution in [0.5, 0.6) is 11.5 Å². The standard InChI is InChI=1S/C19H16BrNO3/c1-2-11-23-17-7-3-14(4-8-17)12-15(13-21)19(22)24-18-9-5-16(20)6-10-18/h3-10,12H,2,11H2,1H3/b15-12+. The third kappa shape index (κ3) is 5.25. The van der Waals surface area contributed by atoms with Gasteiger partial charge >= 0.3 is 5.97 Å². The Balaban J connectivity index is 2.09. The summed E-state index contributed by atoms with van der Waals surface area (Å²) >= 11 is 3.31. The number of carbonyl (C=O) groups is 1. The van der Waals surface area contributed by atoms with E-state index in [0.29, 0.717) is 12.4 Å². The molecule has 0 amide bonds. The van der Waals surface area contributed by atoms with Crippen molar-refractivity contribution in [3.8, 4) is 17.6 Å². The van der Waals surface area contributed by atoms with Gasteiger partial charge in [-0.1, -0.05) is 35.0 Å². The predicted molar refractivity (Wildman–Crippen MR) is 95.6 cm³/mol. The molecule has 5 heteroatoms. The summed E-state index contributed by atoms with van der Waals surface area (Å²) in [6.07, 6.45) is 2.42. The lowest BCUT2D eigenvalue weighted by Crippen LogP contribution is -2.10. The van der Waals surface area contributed by atoms with Crippen LogP contribution in [0, 0.1) is 11.3 Å². The number of hydrogen-bond acceptors (Lipinski definition) is 4. The molecule has 2 aromatic carbocycles. The van der Waals surface area contributed by atoms with E-state index in [0.717, 1.165) is 22.2 Å². The molecule has 4 nitrogen and oxygen atoms in total. The Bertz CT molecular complexity index is 759. The molecular formula is C19H16BrNO3. The van der Waals surface area contributed by atoms with Crippen molar-refractivity contribution in [3.05, 3.63) is 64.1 Å². The van der Waals surface area contributed by atoms with Crippen LogP contribution < -0.4 is 9.47 Å². The largest absolute Gasteiger partial charge is 0.494 e. The fourth-order valence-electron chi connectivity index (χ4n) is 1.85. The lowest BCUT2D eigenvalue weighted by Gasteiger charge is -2.05. The van der Waals surface area contributed by atoms with Crippen LogP contribution in [0.15, 0.2) is 58.6 Å². The predicted octanol–water partition coefficient (Wildman–Crippen LogP) is 4.75. The highest BCUT2D eigenvalue weighted by molar-refractivity contribution is 9.10. The van der Waals surface area contributed by atoms with Gasteiger partial charge in [0.25, 0.3) is 0 Å². The van der Waals surface area contributed by atoms with Crippen molar-refractivity contribution in [2.24, 2.45) is 0 Å². The van der Waals surface area contributed by atoms with Crippen LogP contribution in [-0.2, 0) is 4.79 Å². The Labute approximate surface area is 149 Å². The quantitative estimate of drug-likeness (QED) is 0.311. The first-order chi connectivity index (χ1) is 11.6. The fraction of sp³-hybridized carbons (Fsp3) is 0.158. The summed E-state index contributed by atoms with van der Waals surface area (Å²) < 4.78 is 11.6.